The molecule has 0 spiro atoms. The van der Waals surface area contributed by atoms with Crippen LogP contribution in [-0.2, 0) is 11.8 Å². The highest BCUT2D eigenvalue weighted by molar-refractivity contribution is 5.97. The molecule has 1 aromatic carbocycles. The monoisotopic (exact) mass is 436 g/mol. The van der Waals surface area contributed by atoms with E-state index in [9.17, 15) is 9.90 Å². The van der Waals surface area contributed by atoms with Gasteiger partial charge < -0.3 is 15.2 Å². The van der Waals surface area contributed by atoms with Gasteiger partial charge in [0, 0.05) is 49.4 Å². The number of benzene rings is 1. The molecule has 0 radical (unpaired) electrons. The second-order valence-corrected chi connectivity index (χ2v) is 8.62. The number of nitrogens with zero attached hydrogens (tertiary/aromatic N) is 5. The number of carboxylic acid groups (broad SMARTS) is 1. The molecule has 1 saturated carbocycles. The van der Waals surface area contributed by atoms with E-state index >= 15 is 0 Å². The number of nitrogens with one attached hydrogen (secondary N) is 1. The van der Waals surface area contributed by atoms with Crippen molar-refractivity contribution in [2.45, 2.75) is 37.8 Å². The maximum atomic E-state index is 11.6. The maximum absolute atomic E-state index is 11.6. The van der Waals surface area contributed by atoms with Crippen LogP contribution in [0.15, 0.2) is 30.7 Å². The average molecular weight is 437 g/mol. The first-order valence-electron chi connectivity index (χ1n) is 11.2. The lowest BCUT2D eigenvalue weighted by molar-refractivity contribution is 0.00791. The van der Waals surface area contributed by atoms with Crippen LogP contribution in [0, 0.1) is 0 Å². The smallest absolute Gasteiger partial charge is 0.339 e. The number of carbonyl (C=O) groups is 1. The number of fused-ring (bicyclic) bond motifs is 1. The molecule has 9 nitrogen and oxygen atoms in total. The fraction of sp³-hybridized carbons (Fsp3) is 0.478. The molecule has 168 valence electrons. The summed E-state index contributed by atoms with van der Waals surface area (Å²) in [4.78, 5) is 23.1. The summed E-state index contributed by atoms with van der Waals surface area (Å²) in [6.45, 7) is 3.75. The second-order valence-electron chi connectivity index (χ2n) is 8.62. The molecule has 1 aliphatic heterocycles. The summed E-state index contributed by atoms with van der Waals surface area (Å²) in [5.74, 6) is -0.202. The minimum atomic E-state index is -0.993. The van der Waals surface area contributed by atoms with Crippen LogP contribution in [0.3, 0.4) is 0 Å². The van der Waals surface area contributed by atoms with Crippen molar-refractivity contribution in [3.63, 3.8) is 0 Å². The number of carboxylic acids is 1. The van der Waals surface area contributed by atoms with Gasteiger partial charge in [0.2, 0.25) is 0 Å². The number of hydrogen-bond acceptors (Lipinski definition) is 7. The molecule has 0 unspecified atom stereocenters. The van der Waals surface area contributed by atoms with E-state index in [4.69, 9.17) is 4.74 Å². The third-order valence-electron chi connectivity index (χ3n) is 6.57. The van der Waals surface area contributed by atoms with E-state index in [2.05, 4.69) is 25.3 Å². The number of anilines is 1. The van der Waals surface area contributed by atoms with Gasteiger partial charge in [0.1, 0.15) is 23.4 Å². The average Bonchev–Trinajstić information content (AvgIpc) is 3.22. The van der Waals surface area contributed by atoms with Gasteiger partial charge in [-0.2, -0.15) is 5.10 Å². The third kappa shape index (κ3) is 4.18. The van der Waals surface area contributed by atoms with E-state index in [1.165, 1.54) is 23.7 Å². The zero-order valence-electron chi connectivity index (χ0n) is 18.2. The molecule has 5 rings (SSSR count). The molecule has 3 aromatic rings. The number of rotatable bonds is 5. The van der Waals surface area contributed by atoms with E-state index in [-0.39, 0.29) is 5.56 Å². The zero-order valence-corrected chi connectivity index (χ0v) is 18.2. The first kappa shape index (κ1) is 20.8. The standard InChI is InChI=1S/C23H28N6O3/c1-28-13-19(23(30)31)21(27-28)15-2-7-20-18(12-15)22(25-14-24-20)26-16-3-5-17(6-4-16)29-8-10-32-11-9-29/h2,7,12-14,16-17H,3-6,8-11H2,1H3,(H,30,31)(H,24,25,26). The lowest BCUT2D eigenvalue weighted by Gasteiger charge is -2.39. The molecule has 0 bridgehead atoms. The molecular formula is C23H28N6O3. The van der Waals surface area contributed by atoms with Crippen LogP contribution in [0.4, 0.5) is 5.82 Å². The van der Waals surface area contributed by atoms with E-state index in [1.807, 2.05) is 18.2 Å². The fourth-order valence-corrected chi connectivity index (χ4v) is 4.90. The van der Waals surface area contributed by atoms with Gasteiger partial charge >= 0.3 is 5.97 Å². The van der Waals surface area contributed by atoms with Crippen LogP contribution in [0.1, 0.15) is 36.0 Å². The van der Waals surface area contributed by atoms with Gasteiger partial charge in [0.15, 0.2) is 0 Å². The zero-order chi connectivity index (χ0) is 22.1. The lowest BCUT2D eigenvalue weighted by atomic mass is 9.90. The Bertz CT molecular complexity index is 1120. The van der Waals surface area contributed by atoms with Crippen molar-refractivity contribution in [1.29, 1.82) is 0 Å². The molecule has 3 heterocycles. The summed E-state index contributed by atoms with van der Waals surface area (Å²) >= 11 is 0. The van der Waals surface area contributed by atoms with Crippen molar-refractivity contribution in [2.75, 3.05) is 31.6 Å². The number of ether oxygens (including phenoxy) is 1. The molecule has 1 aliphatic carbocycles. The normalized spacial score (nSPS) is 22.2. The SMILES string of the molecule is Cn1cc(C(=O)O)c(-c2ccc3ncnc(NC4CCC(N5CCOCC5)CC4)c3c2)n1. The Morgan fingerprint density at radius 2 is 1.94 bits per heavy atom. The molecule has 2 N–H and O–H groups in total. The Labute approximate surface area is 186 Å². The van der Waals surface area contributed by atoms with Crippen molar-refractivity contribution >= 4 is 22.7 Å². The molecule has 9 heteroatoms. The van der Waals surface area contributed by atoms with Crippen molar-refractivity contribution < 1.29 is 14.6 Å². The molecule has 1 saturated heterocycles. The fourth-order valence-electron chi connectivity index (χ4n) is 4.90. The summed E-state index contributed by atoms with van der Waals surface area (Å²) in [6, 6.07) is 6.70. The Hall–Kier alpha value is -3.04. The molecular weight excluding hydrogens is 408 g/mol. The van der Waals surface area contributed by atoms with E-state index in [0.717, 1.165) is 61.4 Å². The lowest BCUT2D eigenvalue weighted by Crippen LogP contribution is -2.46. The van der Waals surface area contributed by atoms with Crippen molar-refractivity contribution in [1.82, 2.24) is 24.6 Å². The summed E-state index contributed by atoms with van der Waals surface area (Å²) in [7, 11) is 1.72. The quantitative estimate of drug-likeness (QED) is 0.629. The van der Waals surface area contributed by atoms with Crippen molar-refractivity contribution in [2.24, 2.45) is 7.05 Å². The highest BCUT2D eigenvalue weighted by Crippen LogP contribution is 2.31. The predicted molar refractivity (Wildman–Crippen MR) is 121 cm³/mol. The Kier molecular flexibility index (Phi) is 5.75. The van der Waals surface area contributed by atoms with Crippen molar-refractivity contribution in [3.05, 3.63) is 36.3 Å². The molecule has 2 aromatic heterocycles. The Morgan fingerprint density at radius 3 is 2.69 bits per heavy atom. The first-order valence-corrected chi connectivity index (χ1v) is 11.2. The number of morpholine rings is 1. The van der Waals surface area contributed by atoms with E-state index in [0.29, 0.717) is 17.8 Å². The summed E-state index contributed by atoms with van der Waals surface area (Å²) in [5, 5.41) is 18.4. The van der Waals surface area contributed by atoms with Crippen LogP contribution < -0.4 is 5.32 Å². The third-order valence-corrected chi connectivity index (χ3v) is 6.57. The minimum absolute atomic E-state index is 0.180. The van der Waals surface area contributed by atoms with Crippen LogP contribution in [0.2, 0.25) is 0 Å². The van der Waals surface area contributed by atoms with Gasteiger partial charge in [-0.05, 0) is 37.8 Å². The Balaban J connectivity index is 1.36. The van der Waals surface area contributed by atoms with Gasteiger partial charge in [-0.25, -0.2) is 14.8 Å². The molecule has 2 aliphatic rings. The number of aryl methyl sites for hydroxylation is 1. The Morgan fingerprint density at radius 1 is 1.16 bits per heavy atom. The van der Waals surface area contributed by atoms with Gasteiger partial charge in [-0.15, -0.1) is 0 Å². The summed E-state index contributed by atoms with van der Waals surface area (Å²) in [5.41, 5.74) is 2.19. The van der Waals surface area contributed by atoms with Gasteiger partial charge in [0.05, 0.1) is 18.7 Å². The second kappa shape index (κ2) is 8.84. The largest absolute Gasteiger partial charge is 0.478 e. The number of aromatic nitrogens is 4. The van der Waals surface area contributed by atoms with E-state index < -0.39 is 5.97 Å². The first-order chi connectivity index (χ1) is 15.6. The highest BCUT2D eigenvalue weighted by Gasteiger charge is 2.27. The molecule has 0 amide bonds. The van der Waals surface area contributed by atoms with Crippen molar-refractivity contribution in [3.8, 4) is 11.3 Å². The predicted octanol–water partition coefficient (Wildman–Crippen LogP) is 2.78. The molecule has 32 heavy (non-hydrogen) atoms. The maximum Gasteiger partial charge on any atom is 0.339 e. The van der Waals surface area contributed by atoms with Crippen LogP contribution >= 0.6 is 0 Å². The highest BCUT2D eigenvalue weighted by atomic mass is 16.5. The number of aromatic carboxylic acids is 1. The van der Waals surface area contributed by atoms with Gasteiger partial charge in [-0.3, -0.25) is 9.58 Å². The summed E-state index contributed by atoms with van der Waals surface area (Å²) in [6.07, 6.45) is 7.62. The van der Waals surface area contributed by atoms with Gasteiger partial charge in [0.25, 0.3) is 0 Å². The van der Waals surface area contributed by atoms with Crippen LogP contribution in [0.5, 0.6) is 0 Å². The molecule has 0 atom stereocenters. The minimum Gasteiger partial charge on any atom is -0.478 e. The topological polar surface area (TPSA) is 105 Å². The molecule has 2 fully saturated rings. The summed E-state index contributed by atoms with van der Waals surface area (Å²) < 4.78 is 7.01. The van der Waals surface area contributed by atoms with Crippen LogP contribution in [-0.4, -0.2) is 74.1 Å². The number of hydrogen-bond donors (Lipinski definition) is 2. The van der Waals surface area contributed by atoms with Gasteiger partial charge in [-0.1, -0.05) is 6.07 Å². The van der Waals surface area contributed by atoms with Crippen LogP contribution in [0.25, 0.3) is 22.2 Å². The van der Waals surface area contributed by atoms with E-state index in [1.54, 1.807) is 13.4 Å².